The number of carbonyl (C=O) groups is 2. The quantitative estimate of drug-likeness (QED) is 0.575. The van der Waals surface area contributed by atoms with Crippen molar-refractivity contribution in [1.82, 2.24) is 14.3 Å². The van der Waals surface area contributed by atoms with Gasteiger partial charge in [-0.2, -0.15) is 21.9 Å². The Bertz CT molecular complexity index is 1090. The van der Waals surface area contributed by atoms with Crippen LogP contribution >= 0.6 is 23.1 Å². The van der Waals surface area contributed by atoms with Gasteiger partial charge in [-0.05, 0) is 44.4 Å². The molecule has 0 bridgehead atoms. The number of amides is 1. The summed E-state index contributed by atoms with van der Waals surface area (Å²) in [5.74, 6) is 0.181. The molecular weight excluding hydrogens is 396 g/mol. The van der Waals surface area contributed by atoms with E-state index in [9.17, 15) is 9.59 Å². The number of hydrogen-bond acceptors (Lipinski definition) is 6. The minimum atomic E-state index is -0.386. The molecule has 0 saturated heterocycles. The molecule has 0 aliphatic rings. The third-order valence-electron chi connectivity index (χ3n) is 4.24. The maximum absolute atomic E-state index is 12.8. The van der Waals surface area contributed by atoms with Gasteiger partial charge in [0.15, 0.2) is 4.80 Å². The molecule has 0 spiro atoms. The number of aromatic nitrogens is 3. The van der Waals surface area contributed by atoms with E-state index in [-0.39, 0.29) is 11.9 Å². The SMILES string of the molecule is CCn1nc(C)cc1C(=O)N=c1sc2cc(C(=O)OC)ccc2n1CCSC. The lowest BCUT2D eigenvalue weighted by molar-refractivity contribution is 0.0601. The predicted molar refractivity (Wildman–Crippen MR) is 112 cm³/mol. The van der Waals surface area contributed by atoms with Crippen LogP contribution in [-0.2, 0) is 17.8 Å². The molecule has 0 unspecified atom stereocenters. The number of thiazole rings is 1. The van der Waals surface area contributed by atoms with Crippen LogP contribution in [0.5, 0.6) is 0 Å². The number of nitrogens with zero attached hydrogens (tertiary/aromatic N) is 4. The molecule has 2 aromatic heterocycles. The standard InChI is InChI=1S/C19H22N4O3S2/c1-5-23-15(10-12(2)21-23)17(24)20-19-22(8-9-27-4)14-7-6-13(18(25)26-3)11-16(14)28-19/h6-7,10-11H,5,8-9H2,1-4H3. The van der Waals surface area contributed by atoms with Crippen molar-refractivity contribution in [1.29, 1.82) is 0 Å². The molecule has 0 aliphatic carbocycles. The van der Waals surface area contributed by atoms with Crippen LogP contribution in [0.4, 0.5) is 0 Å². The molecule has 0 fully saturated rings. The molecule has 1 amide bonds. The van der Waals surface area contributed by atoms with Gasteiger partial charge in [-0.3, -0.25) is 9.48 Å². The van der Waals surface area contributed by atoms with E-state index in [2.05, 4.69) is 10.1 Å². The van der Waals surface area contributed by atoms with Crippen LogP contribution < -0.4 is 4.80 Å². The summed E-state index contributed by atoms with van der Waals surface area (Å²) in [4.78, 5) is 29.7. The van der Waals surface area contributed by atoms with Crippen LogP contribution in [0.3, 0.4) is 0 Å². The van der Waals surface area contributed by atoms with E-state index in [1.165, 1.54) is 18.4 Å². The molecule has 7 nitrogen and oxygen atoms in total. The highest BCUT2D eigenvalue weighted by molar-refractivity contribution is 7.98. The van der Waals surface area contributed by atoms with Gasteiger partial charge in [0.05, 0.1) is 28.6 Å². The predicted octanol–water partition coefficient (Wildman–Crippen LogP) is 3.12. The average Bonchev–Trinajstić information content (AvgIpc) is 3.24. The molecule has 0 radical (unpaired) electrons. The van der Waals surface area contributed by atoms with Crippen LogP contribution in [-0.4, -0.2) is 45.3 Å². The van der Waals surface area contributed by atoms with Crippen molar-refractivity contribution in [2.75, 3.05) is 19.1 Å². The number of fused-ring (bicyclic) bond motifs is 1. The van der Waals surface area contributed by atoms with E-state index in [0.29, 0.717) is 22.6 Å². The molecule has 9 heteroatoms. The summed E-state index contributed by atoms with van der Waals surface area (Å²) in [5, 5.41) is 4.32. The Hall–Kier alpha value is -2.39. The Morgan fingerprint density at radius 3 is 2.79 bits per heavy atom. The second-order valence-corrected chi connectivity index (χ2v) is 8.10. The van der Waals surface area contributed by atoms with Crippen molar-refractivity contribution in [2.24, 2.45) is 4.99 Å². The first-order valence-corrected chi connectivity index (χ1v) is 11.0. The molecule has 0 aliphatic heterocycles. The zero-order valence-electron chi connectivity index (χ0n) is 16.3. The normalized spacial score (nSPS) is 11.9. The fourth-order valence-corrected chi connectivity index (χ4v) is 4.36. The molecule has 28 heavy (non-hydrogen) atoms. The molecule has 148 valence electrons. The Balaban J connectivity index is 2.13. The summed E-state index contributed by atoms with van der Waals surface area (Å²) >= 11 is 3.11. The van der Waals surface area contributed by atoms with Crippen LogP contribution in [0.2, 0.25) is 0 Å². The molecule has 2 heterocycles. The number of hydrogen-bond donors (Lipinski definition) is 0. The van der Waals surface area contributed by atoms with Gasteiger partial charge in [0.1, 0.15) is 5.69 Å². The minimum Gasteiger partial charge on any atom is -0.465 e. The van der Waals surface area contributed by atoms with Gasteiger partial charge in [0, 0.05) is 18.8 Å². The zero-order chi connectivity index (χ0) is 20.3. The topological polar surface area (TPSA) is 78.5 Å². The van der Waals surface area contributed by atoms with Gasteiger partial charge in [0.25, 0.3) is 5.91 Å². The first-order valence-electron chi connectivity index (χ1n) is 8.82. The van der Waals surface area contributed by atoms with Gasteiger partial charge in [-0.25, -0.2) is 4.79 Å². The smallest absolute Gasteiger partial charge is 0.337 e. The van der Waals surface area contributed by atoms with E-state index in [0.717, 1.165) is 28.2 Å². The number of benzene rings is 1. The number of aryl methyl sites for hydroxylation is 3. The van der Waals surface area contributed by atoms with E-state index in [1.54, 1.807) is 34.6 Å². The highest BCUT2D eigenvalue weighted by atomic mass is 32.2. The molecule has 3 aromatic rings. The van der Waals surface area contributed by atoms with E-state index >= 15 is 0 Å². The van der Waals surface area contributed by atoms with Crippen molar-refractivity contribution in [2.45, 2.75) is 26.9 Å². The fourth-order valence-electron chi connectivity index (χ4n) is 2.90. The van der Waals surface area contributed by atoms with E-state index in [4.69, 9.17) is 4.74 Å². The van der Waals surface area contributed by atoms with Crippen molar-refractivity contribution >= 4 is 45.2 Å². The fraction of sp³-hybridized carbons (Fsp3) is 0.368. The number of ether oxygens (including phenoxy) is 1. The molecule has 0 atom stereocenters. The Morgan fingerprint density at radius 2 is 2.11 bits per heavy atom. The largest absolute Gasteiger partial charge is 0.465 e. The minimum absolute atomic E-state index is 0.319. The van der Waals surface area contributed by atoms with Gasteiger partial charge in [-0.1, -0.05) is 11.3 Å². The van der Waals surface area contributed by atoms with Gasteiger partial charge >= 0.3 is 5.97 Å². The summed E-state index contributed by atoms with van der Waals surface area (Å²) in [7, 11) is 1.36. The summed E-state index contributed by atoms with van der Waals surface area (Å²) in [6, 6.07) is 7.15. The van der Waals surface area contributed by atoms with E-state index in [1.807, 2.05) is 30.7 Å². The summed E-state index contributed by atoms with van der Waals surface area (Å²) in [5.41, 5.74) is 2.68. The second kappa shape index (κ2) is 8.74. The number of esters is 1. The maximum atomic E-state index is 12.8. The Morgan fingerprint density at radius 1 is 1.32 bits per heavy atom. The highest BCUT2D eigenvalue weighted by Crippen LogP contribution is 2.20. The molecule has 0 saturated carbocycles. The number of rotatable bonds is 6. The zero-order valence-corrected chi connectivity index (χ0v) is 17.9. The van der Waals surface area contributed by atoms with Crippen molar-refractivity contribution in [3.63, 3.8) is 0 Å². The lowest BCUT2D eigenvalue weighted by Crippen LogP contribution is -2.19. The summed E-state index contributed by atoms with van der Waals surface area (Å²) in [6.45, 7) is 5.12. The number of thioether (sulfide) groups is 1. The lowest BCUT2D eigenvalue weighted by Gasteiger charge is -2.05. The summed E-state index contributed by atoms with van der Waals surface area (Å²) < 4.78 is 9.38. The second-order valence-electron chi connectivity index (χ2n) is 6.11. The first-order chi connectivity index (χ1) is 13.5. The van der Waals surface area contributed by atoms with Gasteiger partial charge in [0.2, 0.25) is 0 Å². The first kappa shape index (κ1) is 20.3. The average molecular weight is 419 g/mol. The number of methoxy groups -OCH3 is 1. The molecule has 0 N–H and O–H groups in total. The number of carbonyl (C=O) groups excluding carboxylic acids is 2. The molecule has 1 aromatic carbocycles. The van der Waals surface area contributed by atoms with Crippen LogP contribution in [0.25, 0.3) is 10.2 Å². The Labute approximate surface area is 171 Å². The maximum Gasteiger partial charge on any atom is 0.337 e. The molecule has 3 rings (SSSR count). The van der Waals surface area contributed by atoms with Crippen molar-refractivity contribution in [3.8, 4) is 0 Å². The summed E-state index contributed by atoms with van der Waals surface area (Å²) in [6.07, 6.45) is 2.04. The van der Waals surface area contributed by atoms with Gasteiger partial charge in [-0.15, -0.1) is 0 Å². The monoisotopic (exact) mass is 418 g/mol. The third-order valence-corrected chi connectivity index (χ3v) is 5.87. The van der Waals surface area contributed by atoms with Crippen molar-refractivity contribution in [3.05, 3.63) is 46.0 Å². The van der Waals surface area contributed by atoms with Crippen LogP contribution in [0, 0.1) is 6.92 Å². The Kier molecular flexibility index (Phi) is 6.35. The third kappa shape index (κ3) is 4.05. The molecular formula is C19H22N4O3S2. The van der Waals surface area contributed by atoms with Gasteiger partial charge < -0.3 is 9.30 Å². The highest BCUT2D eigenvalue weighted by Gasteiger charge is 2.15. The van der Waals surface area contributed by atoms with Crippen LogP contribution in [0.1, 0.15) is 33.5 Å². The lowest BCUT2D eigenvalue weighted by atomic mass is 10.2. The van der Waals surface area contributed by atoms with Crippen LogP contribution in [0.15, 0.2) is 29.3 Å². The van der Waals surface area contributed by atoms with Crippen molar-refractivity contribution < 1.29 is 14.3 Å². The van der Waals surface area contributed by atoms with E-state index < -0.39 is 0 Å².